The van der Waals surface area contributed by atoms with Gasteiger partial charge in [-0.1, -0.05) is 6.07 Å². The lowest BCUT2D eigenvalue weighted by molar-refractivity contribution is -0.120. The highest BCUT2D eigenvalue weighted by Gasteiger charge is 2.12. The van der Waals surface area contributed by atoms with Gasteiger partial charge in [-0.3, -0.25) is 10.6 Å². The SMILES string of the molecule is NNc1ccc2c(c1)CCNC(=O)C2. The van der Waals surface area contributed by atoms with Gasteiger partial charge in [0, 0.05) is 12.2 Å². The maximum atomic E-state index is 11.2. The van der Waals surface area contributed by atoms with Gasteiger partial charge in [-0.25, -0.2) is 0 Å². The average molecular weight is 191 g/mol. The van der Waals surface area contributed by atoms with Crippen LogP contribution >= 0.6 is 0 Å². The number of carbonyl (C=O) groups excluding carboxylic acids is 1. The number of nitrogens with two attached hydrogens (primary N) is 1. The third kappa shape index (κ3) is 1.70. The first-order chi connectivity index (χ1) is 6.79. The molecule has 0 spiro atoms. The number of rotatable bonds is 1. The van der Waals surface area contributed by atoms with Crippen molar-refractivity contribution >= 4 is 11.6 Å². The van der Waals surface area contributed by atoms with Crippen molar-refractivity contribution in [3.63, 3.8) is 0 Å². The number of amides is 1. The summed E-state index contributed by atoms with van der Waals surface area (Å²) in [7, 11) is 0. The van der Waals surface area contributed by atoms with Gasteiger partial charge >= 0.3 is 0 Å². The molecule has 0 fully saturated rings. The van der Waals surface area contributed by atoms with Gasteiger partial charge in [-0.05, 0) is 29.7 Å². The number of anilines is 1. The van der Waals surface area contributed by atoms with Gasteiger partial charge in [0.1, 0.15) is 0 Å². The Bertz CT molecular complexity index is 362. The minimum absolute atomic E-state index is 0.0946. The van der Waals surface area contributed by atoms with Crippen LogP contribution in [0.3, 0.4) is 0 Å². The Morgan fingerprint density at radius 2 is 2.21 bits per heavy atom. The highest BCUT2D eigenvalue weighted by Crippen LogP contribution is 2.17. The molecular weight excluding hydrogens is 178 g/mol. The van der Waals surface area contributed by atoms with Crippen LogP contribution in [-0.2, 0) is 17.6 Å². The topological polar surface area (TPSA) is 67.2 Å². The third-order valence-corrected chi connectivity index (χ3v) is 2.44. The van der Waals surface area contributed by atoms with E-state index in [2.05, 4.69) is 10.7 Å². The van der Waals surface area contributed by atoms with Crippen LogP contribution in [0.25, 0.3) is 0 Å². The first kappa shape index (κ1) is 9.02. The highest BCUT2D eigenvalue weighted by atomic mass is 16.1. The predicted molar refractivity (Wildman–Crippen MR) is 54.7 cm³/mol. The molecule has 0 saturated carbocycles. The molecule has 1 aromatic carbocycles. The standard InChI is InChI=1S/C10H13N3O/c11-13-9-2-1-7-6-10(14)12-4-3-8(7)5-9/h1-2,5,13H,3-4,6,11H2,(H,12,14). The summed E-state index contributed by atoms with van der Waals surface area (Å²) < 4.78 is 0. The smallest absolute Gasteiger partial charge is 0.224 e. The molecule has 1 aromatic rings. The molecule has 4 heteroatoms. The Balaban J connectivity index is 2.35. The van der Waals surface area contributed by atoms with Crippen molar-refractivity contribution in [2.24, 2.45) is 5.84 Å². The van der Waals surface area contributed by atoms with Crippen LogP contribution in [0.1, 0.15) is 11.1 Å². The molecule has 0 radical (unpaired) electrons. The van der Waals surface area contributed by atoms with Crippen molar-refractivity contribution in [1.82, 2.24) is 5.32 Å². The lowest BCUT2D eigenvalue weighted by Gasteiger charge is -2.06. The van der Waals surface area contributed by atoms with Gasteiger partial charge in [0.25, 0.3) is 0 Å². The Morgan fingerprint density at radius 3 is 3.00 bits per heavy atom. The summed E-state index contributed by atoms with van der Waals surface area (Å²) in [6.07, 6.45) is 1.34. The fourth-order valence-corrected chi connectivity index (χ4v) is 1.69. The zero-order chi connectivity index (χ0) is 9.97. The Morgan fingerprint density at radius 1 is 1.36 bits per heavy atom. The van der Waals surface area contributed by atoms with E-state index < -0.39 is 0 Å². The van der Waals surface area contributed by atoms with E-state index in [4.69, 9.17) is 5.84 Å². The van der Waals surface area contributed by atoms with E-state index in [0.717, 1.165) is 17.7 Å². The van der Waals surface area contributed by atoms with E-state index >= 15 is 0 Å². The molecule has 2 rings (SSSR count). The van der Waals surface area contributed by atoms with E-state index in [1.807, 2.05) is 18.2 Å². The number of nitrogens with one attached hydrogen (secondary N) is 2. The summed E-state index contributed by atoms with van der Waals surface area (Å²) in [5.41, 5.74) is 5.78. The molecule has 14 heavy (non-hydrogen) atoms. The van der Waals surface area contributed by atoms with Crippen molar-refractivity contribution in [2.75, 3.05) is 12.0 Å². The second-order valence-electron chi connectivity index (χ2n) is 3.40. The summed E-state index contributed by atoms with van der Waals surface area (Å²) >= 11 is 0. The van der Waals surface area contributed by atoms with Crippen LogP contribution in [-0.4, -0.2) is 12.5 Å². The lowest BCUT2D eigenvalue weighted by atomic mass is 10.0. The Hall–Kier alpha value is -1.55. The maximum Gasteiger partial charge on any atom is 0.224 e. The van der Waals surface area contributed by atoms with Gasteiger partial charge in [-0.15, -0.1) is 0 Å². The molecule has 0 bridgehead atoms. The fraction of sp³-hybridized carbons (Fsp3) is 0.300. The predicted octanol–water partition coefficient (Wildman–Crippen LogP) is 0.187. The van der Waals surface area contributed by atoms with E-state index in [1.165, 1.54) is 5.56 Å². The van der Waals surface area contributed by atoms with Gasteiger partial charge in [0.15, 0.2) is 0 Å². The van der Waals surface area contributed by atoms with Gasteiger partial charge in [-0.2, -0.15) is 0 Å². The molecule has 1 amide bonds. The van der Waals surface area contributed by atoms with Crippen molar-refractivity contribution in [2.45, 2.75) is 12.8 Å². The summed E-state index contributed by atoms with van der Waals surface area (Å²) in [5.74, 6) is 5.41. The first-order valence-electron chi connectivity index (χ1n) is 4.65. The van der Waals surface area contributed by atoms with Crippen LogP contribution in [0.15, 0.2) is 18.2 Å². The van der Waals surface area contributed by atoms with Gasteiger partial charge in [0.05, 0.1) is 6.42 Å². The summed E-state index contributed by atoms with van der Waals surface area (Å²) in [4.78, 5) is 11.2. The first-order valence-corrected chi connectivity index (χ1v) is 4.65. The molecule has 0 aliphatic carbocycles. The Kier molecular flexibility index (Phi) is 2.37. The summed E-state index contributed by atoms with van der Waals surface area (Å²) in [6.45, 7) is 0.708. The van der Waals surface area contributed by atoms with E-state index in [-0.39, 0.29) is 5.91 Å². The zero-order valence-electron chi connectivity index (χ0n) is 7.84. The second-order valence-corrected chi connectivity index (χ2v) is 3.40. The van der Waals surface area contributed by atoms with Crippen molar-refractivity contribution in [1.29, 1.82) is 0 Å². The van der Waals surface area contributed by atoms with Gasteiger partial charge < -0.3 is 10.7 Å². The third-order valence-electron chi connectivity index (χ3n) is 2.44. The van der Waals surface area contributed by atoms with E-state index in [0.29, 0.717) is 13.0 Å². The van der Waals surface area contributed by atoms with E-state index in [9.17, 15) is 4.79 Å². The fourth-order valence-electron chi connectivity index (χ4n) is 1.69. The van der Waals surface area contributed by atoms with Crippen LogP contribution in [0.5, 0.6) is 0 Å². The molecular formula is C10H13N3O. The minimum Gasteiger partial charge on any atom is -0.355 e. The van der Waals surface area contributed by atoms with E-state index in [1.54, 1.807) is 0 Å². The number of hydrogen-bond donors (Lipinski definition) is 3. The largest absolute Gasteiger partial charge is 0.355 e. The quantitative estimate of drug-likeness (QED) is 0.438. The summed E-state index contributed by atoms with van der Waals surface area (Å²) in [6, 6.07) is 5.84. The number of carbonyl (C=O) groups is 1. The minimum atomic E-state index is 0.0946. The lowest BCUT2D eigenvalue weighted by Crippen LogP contribution is -2.24. The number of fused-ring (bicyclic) bond motifs is 1. The van der Waals surface area contributed by atoms with Crippen molar-refractivity contribution in [3.8, 4) is 0 Å². The molecule has 1 heterocycles. The Labute approximate surface area is 82.5 Å². The monoisotopic (exact) mass is 191 g/mol. The summed E-state index contributed by atoms with van der Waals surface area (Å²) in [5, 5.41) is 2.84. The van der Waals surface area contributed by atoms with Crippen LogP contribution in [0, 0.1) is 0 Å². The van der Waals surface area contributed by atoms with Crippen LogP contribution in [0.4, 0.5) is 5.69 Å². The molecule has 4 N–H and O–H groups in total. The molecule has 74 valence electrons. The molecule has 0 unspecified atom stereocenters. The second kappa shape index (κ2) is 3.67. The molecule has 0 aromatic heterocycles. The number of nitrogen functional groups attached to an aromatic ring is 1. The molecule has 4 nitrogen and oxygen atoms in total. The molecule has 1 aliphatic rings. The van der Waals surface area contributed by atoms with Crippen molar-refractivity contribution in [3.05, 3.63) is 29.3 Å². The molecule has 0 atom stereocenters. The zero-order valence-corrected chi connectivity index (χ0v) is 7.84. The number of hydrazine groups is 1. The van der Waals surface area contributed by atoms with Crippen LogP contribution in [0.2, 0.25) is 0 Å². The maximum absolute atomic E-state index is 11.2. The molecule has 1 aliphatic heterocycles. The normalized spacial score (nSPS) is 15.4. The van der Waals surface area contributed by atoms with Gasteiger partial charge in [0.2, 0.25) is 5.91 Å². The van der Waals surface area contributed by atoms with Crippen LogP contribution < -0.4 is 16.6 Å². The number of benzene rings is 1. The molecule has 0 saturated heterocycles. The van der Waals surface area contributed by atoms with Crippen molar-refractivity contribution < 1.29 is 4.79 Å². The number of hydrogen-bond acceptors (Lipinski definition) is 3. The highest BCUT2D eigenvalue weighted by molar-refractivity contribution is 5.79. The average Bonchev–Trinajstić information content (AvgIpc) is 2.37.